The van der Waals surface area contributed by atoms with Crippen LogP contribution in [-0.2, 0) is 4.74 Å². The summed E-state index contributed by atoms with van der Waals surface area (Å²) in [6.07, 6.45) is 4.81. The van der Waals surface area contributed by atoms with E-state index in [9.17, 15) is 13.6 Å². The van der Waals surface area contributed by atoms with E-state index in [2.05, 4.69) is 9.97 Å². The first kappa shape index (κ1) is 15.9. The van der Waals surface area contributed by atoms with Gasteiger partial charge in [-0.05, 0) is 42.3 Å². The van der Waals surface area contributed by atoms with Crippen molar-refractivity contribution in [3.05, 3.63) is 66.3 Å². The summed E-state index contributed by atoms with van der Waals surface area (Å²) in [6.45, 7) is 1.88. The number of H-pyrrole nitrogens is 1. The van der Waals surface area contributed by atoms with Gasteiger partial charge in [0, 0.05) is 35.8 Å². The average Bonchev–Trinajstić information content (AvgIpc) is 3.00. The lowest BCUT2D eigenvalue weighted by Crippen LogP contribution is -2.06. The average molecular weight is 328 g/mol. The predicted octanol–water partition coefficient (Wildman–Crippen LogP) is 4.20. The van der Waals surface area contributed by atoms with E-state index in [1.54, 1.807) is 37.6 Å². The molecule has 122 valence electrons. The second-order valence-electron chi connectivity index (χ2n) is 5.07. The Morgan fingerprint density at radius 3 is 2.42 bits per heavy atom. The molecule has 0 aliphatic heterocycles. The van der Waals surface area contributed by atoms with Crippen molar-refractivity contribution < 1.29 is 18.3 Å². The molecule has 0 saturated heterocycles. The van der Waals surface area contributed by atoms with Gasteiger partial charge in [0.1, 0.15) is 17.3 Å². The van der Waals surface area contributed by atoms with E-state index < -0.39 is 17.6 Å². The van der Waals surface area contributed by atoms with Crippen LogP contribution in [0, 0.1) is 11.6 Å². The van der Waals surface area contributed by atoms with Crippen LogP contribution in [-0.4, -0.2) is 22.5 Å². The van der Waals surface area contributed by atoms with Crippen LogP contribution < -0.4 is 0 Å². The van der Waals surface area contributed by atoms with E-state index in [0.717, 1.165) is 11.6 Å². The minimum absolute atomic E-state index is 0.147. The Labute approximate surface area is 137 Å². The van der Waals surface area contributed by atoms with Crippen molar-refractivity contribution in [1.29, 1.82) is 0 Å². The first-order valence-corrected chi connectivity index (χ1v) is 7.35. The van der Waals surface area contributed by atoms with Crippen molar-refractivity contribution in [1.82, 2.24) is 9.97 Å². The van der Waals surface area contributed by atoms with Gasteiger partial charge in [0.15, 0.2) is 0 Å². The van der Waals surface area contributed by atoms with Gasteiger partial charge in [-0.2, -0.15) is 0 Å². The molecule has 0 bridgehead atoms. The maximum absolute atomic E-state index is 13.7. The SMILES string of the molecule is CCOC(=O)c1[nH]cc(-c2ccncc2)c1-c1cc(F)cc(F)c1. The normalized spacial score (nSPS) is 10.6. The largest absolute Gasteiger partial charge is 0.461 e. The second kappa shape index (κ2) is 6.62. The summed E-state index contributed by atoms with van der Waals surface area (Å²) in [4.78, 5) is 19.0. The molecule has 2 aromatic heterocycles. The van der Waals surface area contributed by atoms with Gasteiger partial charge in [-0.3, -0.25) is 4.98 Å². The maximum atomic E-state index is 13.7. The molecule has 3 aromatic rings. The first-order chi connectivity index (χ1) is 11.6. The number of nitrogens with one attached hydrogen (secondary N) is 1. The summed E-state index contributed by atoms with van der Waals surface area (Å²) in [5.41, 5.74) is 2.18. The fraction of sp³-hybridized carbons (Fsp3) is 0.111. The highest BCUT2D eigenvalue weighted by Crippen LogP contribution is 2.36. The van der Waals surface area contributed by atoms with Gasteiger partial charge >= 0.3 is 5.97 Å². The van der Waals surface area contributed by atoms with Gasteiger partial charge in [0.25, 0.3) is 0 Å². The molecule has 3 rings (SSSR count). The van der Waals surface area contributed by atoms with Gasteiger partial charge in [0.2, 0.25) is 0 Å². The molecule has 0 amide bonds. The molecule has 4 nitrogen and oxygen atoms in total. The lowest BCUT2D eigenvalue weighted by atomic mass is 9.97. The number of hydrogen-bond acceptors (Lipinski definition) is 3. The van der Waals surface area contributed by atoms with Crippen molar-refractivity contribution in [2.24, 2.45) is 0 Å². The number of aromatic nitrogens is 2. The molecule has 0 aliphatic rings. The Bertz CT molecular complexity index is 856. The lowest BCUT2D eigenvalue weighted by molar-refractivity contribution is 0.0521. The smallest absolute Gasteiger partial charge is 0.355 e. The van der Waals surface area contributed by atoms with Gasteiger partial charge in [-0.25, -0.2) is 13.6 Å². The summed E-state index contributed by atoms with van der Waals surface area (Å²) in [7, 11) is 0. The van der Waals surface area contributed by atoms with E-state index in [0.29, 0.717) is 11.1 Å². The number of pyridine rings is 1. The molecule has 0 unspecified atom stereocenters. The minimum atomic E-state index is -0.721. The zero-order valence-electron chi connectivity index (χ0n) is 12.8. The van der Waals surface area contributed by atoms with Gasteiger partial charge in [-0.1, -0.05) is 0 Å². The number of esters is 1. The number of carbonyl (C=O) groups is 1. The number of carbonyl (C=O) groups excluding carboxylic acids is 1. The molecule has 6 heteroatoms. The zero-order valence-corrected chi connectivity index (χ0v) is 12.8. The van der Waals surface area contributed by atoms with Crippen LogP contribution in [0.25, 0.3) is 22.3 Å². The van der Waals surface area contributed by atoms with Gasteiger partial charge < -0.3 is 9.72 Å². The number of rotatable bonds is 4. The molecule has 1 N–H and O–H groups in total. The van der Waals surface area contributed by atoms with E-state index in [1.807, 2.05) is 0 Å². The Morgan fingerprint density at radius 1 is 1.12 bits per heavy atom. The monoisotopic (exact) mass is 328 g/mol. The van der Waals surface area contributed by atoms with Crippen LogP contribution in [0.15, 0.2) is 48.9 Å². The minimum Gasteiger partial charge on any atom is -0.461 e. The fourth-order valence-electron chi connectivity index (χ4n) is 2.54. The maximum Gasteiger partial charge on any atom is 0.355 e. The molecule has 24 heavy (non-hydrogen) atoms. The quantitative estimate of drug-likeness (QED) is 0.730. The van der Waals surface area contributed by atoms with Crippen LogP contribution in [0.2, 0.25) is 0 Å². The fourth-order valence-corrected chi connectivity index (χ4v) is 2.54. The lowest BCUT2D eigenvalue weighted by Gasteiger charge is -2.08. The highest BCUT2D eigenvalue weighted by atomic mass is 19.1. The summed E-state index contributed by atoms with van der Waals surface area (Å²) in [5, 5.41) is 0. The van der Waals surface area contributed by atoms with Gasteiger partial charge in [-0.15, -0.1) is 0 Å². The Hall–Kier alpha value is -3.02. The first-order valence-electron chi connectivity index (χ1n) is 7.35. The highest BCUT2D eigenvalue weighted by molar-refractivity contribution is 6.01. The molecular formula is C18H14F2N2O2. The Kier molecular flexibility index (Phi) is 4.37. The van der Waals surface area contributed by atoms with E-state index in [1.165, 1.54) is 12.1 Å². The summed E-state index contributed by atoms with van der Waals surface area (Å²) in [5.74, 6) is -2.03. The summed E-state index contributed by atoms with van der Waals surface area (Å²) < 4.78 is 32.3. The van der Waals surface area contributed by atoms with Crippen molar-refractivity contribution in [2.45, 2.75) is 6.92 Å². The third kappa shape index (κ3) is 3.03. The standard InChI is InChI=1S/C18H14F2N2O2/c1-2-24-18(23)17-16(12-7-13(19)9-14(20)8-12)15(10-22-17)11-3-5-21-6-4-11/h3-10,22H,2H2,1H3. The van der Waals surface area contributed by atoms with E-state index >= 15 is 0 Å². The van der Waals surface area contributed by atoms with Crippen molar-refractivity contribution >= 4 is 5.97 Å². The molecule has 1 aromatic carbocycles. The zero-order chi connectivity index (χ0) is 17.1. The molecule has 0 radical (unpaired) electrons. The van der Waals surface area contributed by atoms with Crippen LogP contribution in [0.5, 0.6) is 0 Å². The number of nitrogens with zero attached hydrogens (tertiary/aromatic N) is 1. The summed E-state index contributed by atoms with van der Waals surface area (Å²) in [6, 6.07) is 6.64. The molecule has 0 aliphatic carbocycles. The molecule has 0 spiro atoms. The van der Waals surface area contributed by atoms with E-state index in [-0.39, 0.29) is 17.9 Å². The number of aromatic amines is 1. The molecule has 0 saturated carbocycles. The van der Waals surface area contributed by atoms with Gasteiger partial charge in [0.05, 0.1) is 6.61 Å². The molecule has 0 atom stereocenters. The number of hydrogen-bond donors (Lipinski definition) is 1. The van der Waals surface area contributed by atoms with Crippen LogP contribution in [0.4, 0.5) is 8.78 Å². The van der Waals surface area contributed by atoms with Crippen molar-refractivity contribution in [3.63, 3.8) is 0 Å². The third-order valence-corrected chi connectivity index (χ3v) is 3.50. The number of benzene rings is 1. The summed E-state index contributed by atoms with van der Waals surface area (Å²) >= 11 is 0. The topological polar surface area (TPSA) is 55.0 Å². The number of ether oxygens (including phenoxy) is 1. The van der Waals surface area contributed by atoms with Crippen LogP contribution >= 0.6 is 0 Å². The molecule has 0 fully saturated rings. The van der Waals surface area contributed by atoms with Crippen molar-refractivity contribution in [2.75, 3.05) is 6.61 Å². The van der Waals surface area contributed by atoms with E-state index in [4.69, 9.17) is 4.74 Å². The highest BCUT2D eigenvalue weighted by Gasteiger charge is 2.22. The Balaban J connectivity index is 2.23. The molecular weight excluding hydrogens is 314 g/mol. The van der Waals surface area contributed by atoms with Crippen LogP contribution in [0.3, 0.4) is 0 Å². The predicted molar refractivity (Wildman–Crippen MR) is 85.3 cm³/mol. The Morgan fingerprint density at radius 2 is 1.79 bits per heavy atom. The second-order valence-corrected chi connectivity index (χ2v) is 5.07. The van der Waals surface area contributed by atoms with Crippen molar-refractivity contribution in [3.8, 4) is 22.3 Å². The van der Waals surface area contributed by atoms with Crippen LogP contribution in [0.1, 0.15) is 17.4 Å². The third-order valence-electron chi connectivity index (χ3n) is 3.50. The number of halogens is 2. The molecule has 2 heterocycles.